The Kier molecular flexibility index (Phi) is 8.86. The van der Waals surface area contributed by atoms with Crippen molar-refractivity contribution in [2.45, 2.75) is 32.5 Å². The number of morpholine rings is 1. The first kappa shape index (κ1) is 29.6. The molecule has 0 amide bonds. The van der Waals surface area contributed by atoms with Gasteiger partial charge >= 0.3 is 12.1 Å². The lowest BCUT2D eigenvalue weighted by Gasteiger charge is -2.27. The van der Waals surface area contributed by atoms with E-state index in [9.17, 15) is 22.8 Å². The normalized spacial score (nSPS) is 14.2. The predicted octanol–water partition coefficient (Wildman–Crippen LogP) is 7.26. The van der Waals surface area contributed by atoms with E-state index in [-0.39, 0.29) is 40.1 Å². The molecule has 7 nitrogen and oxygen atoms in total. The highest BCUT2D eigenvalue weighted by atomic mass is 35.5. The number of hydrogen-bond donors (Lipinski definition) is 0. The lowest BCUT2D eigenvalue weighted by Crippen LogP contribution is -2.36. The van der Waals surface area contributed by atoms with Crippen LogP contribution in [0, 0.1) is 0 Å². The van der Waals surface area contributed by atoms with Crippen LogP contribution in [0.3, 0.4) is 0 Å². The van der Waals surface area contributed by atoms with Crippen molar-refractivity contribution in [3.63, 3.8) is 0 Å². The largest absolute Gasteiger partial charge is 0.453 e. The van der Waals surface area contributed by atoms with E-state index in [0.717, 1.165) is 18.4 Å². The zero-order valence-electron chi connectivity index (χ0n) is 22.6. The van der Waals surface area contributed by atoms with Crippen LogP contribution in [0.5, 0.6) is 17.2 Å². The second kappa shape index (κ2) is 12.6. The molecule has 4 aromatic rings. The van der Waals surface area contributed by atoms with Crippen molar-refractivity contribution in [1.82, 2.24) is 4.90 Å². The monoisotopic (exact) mass is 601 g/mol. The van der Waals surface area contributed by atoms with Gasteiger partial charge < -0.3 is 18.6 Å². The minimum atomic E-state index is -5.06. The summed E-state index contributed by atoms with van der Waals surface area (Å²) < 4.78 is 65.0. The molecule has 1 aliphatic heterocycles. The van der Waals surface area contributed by atoms with Gasteiger partial charge in [-0.2, -0.15) is 13.2 Å². The molecule has 1 fully saturated rings. The van der Waals surface area contributed by atoms with E-state index in [0.29, 0.717) is 31.3 Å². The standard InChI is InChI=1S/C31H27ClF3NO6/c1-2-3-19-4-10-22(11-5-19)40-28-26(37)23-12-13-25(41-30(38)20-6-8-21(32)9-7-20)24(18-36-14-16-39-17-15-36)27(23)42-29(28)31(33,34)35/h4-13H,2-3,14-18H2,1H3. The van der Waals surface area contributed by atoms with E-state index in [1.807, 2.05) is 11.8 Å². The van der Waals surface area contributed by atoms with Gasteiger partial charge in [0, 0.05) is 24.7 Å². The summed E-state index contributed by atoms with van der Waals surface area (Å²) in [6.45, 7) is 3.84. The molecule has 0 atom stereocenters. The van der Waals surface area contributed by atoms with Gasteiger partial charge in [-0.3, -0.25) is 9.69 Å². The van der Waals surface area contributed by atoms with Crippen LogP contribution in [0.4, 0.5) is 13.2 Å². The summed E-state index contributed by atoms with van der Waals surface area (Å²) in [4.78, 5) is 28.4. The molecule has 0 unspecified atom stereocenters. The van der Waals surface area contributed by atoms with Crippen molar-refractivity contribution >= 4 is 28.5 Å². The van der Waals surface area contributed by atoms with Gasteiger partial charge in [0.2, 0.25) is 11.2 Å². The first-order valence-corrected chi connectivity index (χ1v) is 13.8. The van der Waals surface area contributed by atoms with Crippen LogP contribution in [-0.2, 0) is 23.9 Å². The molecule has 0 radical (unpaired) electrons. The Morgan fingerprint density at radius 1 is 1.00 bits per heavy atom. The molecular formula is C31H27ClF3NO6. The van der Waals surface area contributed by atoms with E-state index in [4.69, 9.17) is 30.2 Å². The molecule has 1 saturated heterocycles. The van der Waals surface area contributed by atoms with Crippen LogP contribution in [0.15, 0.2) is 69.9 Å². The number of benzene rings is 3. The molecule has 2 heterocycles. The number of alkyl halides is 3. The minimum Gasteiger partial charge on any atom is -0.449 e. The quantitative estimate of drug-likeness (QED) is 0.155. The molecule has 11 heteroatoms. The number of hydrogen-bond acceptors (Lipinski definition) is 7. The summed E-state index contributed by atoms with van der Waals surface area (Å²) in [7, 11) is 0. The molecule has 0 saturated carbocycles. The molecule has 42 heavy (non-hydrogen) atoms. The maximum absolute atomic E-state index is 14.3. The van der Waals surface area contributed by atoms with Crippen LogP contribution >= 0.6 is 11.6 Å². The second-order valence-electron chi connectivity index (χ2n) is 9.79. The Balaban J connectivity index is 1.62. The minimum absolute atomic E-state index is 0.0367. The molecule has 0 N–H and O–H groups in total. The van der Waals surface area contributed by atoms with E-state index in [1.165, 1.54) is 48.5 Å². The van der Waals surface area contributed by atoms with Gasteiger partial charge in [-0.15, -0.1) is 0 Å². The van der Waals surface area contributed by atoms with E-state index in [2.05, 4.69) is 0 Å². The van der Waals surface area contributed by atoms with E-state index >= 15 is 0 Å². The summed E-state index contributed by atoms with van der Waals surface area (Å²) in [5, 5.41) is 0.275. The summed E-state index contributed by atoms with van der Waals surface area (Å²) in [5.41, 5.74) is -0.0523. The first-order chi connectivity index (χ1) is 20.1. The molecule has 1 aromatic heterocycles. The SMILES string of the molecule is CCCc1ccc(Oc2c(C(F)(F)F)oc3c(CN4CCOCC4)c(OC(=O)c4ccc(Cl)cc4)ccc3c2=O)cc1. The van der Waals surface area contributed by atoms with Crippen molar-refractivity contribution in [3.8, 4) is 17.2 Å². The Bertz CT molecular complexity index is 1630. The van der Waals surface area contributed by atoms with Crippen molar-refractivity contribution in [3.05, 3.63) is 98.4 Å². The highest BCUT2D eigenvalue weighted by Gasteiger charge is 2.41. The van der Waals surface area contributed by atoms with Crippen LogP contribution < -0.4 is 14.9 Å². The molecule has 5 rings (SSSR count). The molecule has 0 aliphatic carbocycles. The zero-order chi connectivity index (χ0) is 29.9. The average Bonchev–Trinajstić information content (AvgIpc) is 2.97. The zero-order valence-corrected chi connectivity index (χ0v) is 23.4. The van der Waals surface area contributed by atoms with E-state index < -0.39 is 29.1 Å². The number of carbonyl (C=O) groups is 1. The van der Waals surface area contributed by atoms with Crippen LogP contribution in [0.25, 0.3) is 11.0 Å². The number of aryl methyl sites for hydroxylation is 1. The number of rotatable bonds is 8. The highest BCUT2D eigenvalue weighted by molar-refractivity contribution is 6.30. The third-order valence-corrected chi connectivity index (χ3v) is 7.04. The number of esters is 1. The maximum Gasteiger partial charge on any atom is 0.453 e. The number of ether oxygens (including phenoxy) is 3. The van der Waals surface area contributed by atoms with Crippen LogP contribution in [0.1, 0.15) is 40.6 Å². The smallest absolute Gasteiger partial charge is 0.449 e. The number of fused-ring (bicyclic) bond motifs is 1. The topological polar surface area (TPSA) is 78.2 Å². The molecule has 3 aromatic carbocycles. The Morgan fingerprint density at radius 2 is 1.69 bits per heavy atom. The fourth-order valence-corrected chi connectivity index (χ4v) is 4.79. The lowest BCUT2D eigenvalue weighted by molar-refractivity contribution is -0.154. The Morgan fingerprint density at radius 3 is 2.33 bits per heavy atom. The van der Waals surface area contributed by atoms with Crippen molar-refractivity contribution < 1.29 is 36.6 Å². The summed E-state index contributed by atoms with van der Waals surface area (Å²) in [6.07, 6.45) is -3.36. The van der Waals surface area contributed by atoms with Gasteiger partial charge in [0.05, 0.1) is 29.7 Å². The lowest BCUT2D eigenvalue weighted by atomic mass is 10.1. The molecule has 0 bridgehead atoms. The van der Waals surface area contributed by atoms with Crippen molar-refractivity contribution in [2.75, 3.05) is 26.3 Å². The van der Waals surface area contributed by atoms with Crippen LogP contribution in [0.2, 0.25) is 5.02 Å². The van der Waals surface area contributed by atoms with Gasteiger partial charge in [0.25, 0.3) is 5.76 Å². The van der Waals surface area contributed by atoms with Gasteiger partial charge in [-0.05, 0) is 60.5 Å². The van der Waals surface area contributed by atoms with Gasteiger partial charge in [-0.25, -0.2) is 4.79 Å². The van der Waals surface area contributed by atoms with E-state index in [1.54, 1.807) is 12.1 Å². The first-order valence-electron chi connectivity index (χ1n) is 13.4. The Labute approximate surface area is 244 Å². The second-order valence-corrected chi connectivity index (χ2v) is 10.2. The fourth-order valence-electron chi connectivity index (χ4n) is 4.66. The maximum atomic E-state index is 14.3. The fraction of sp³-hybridized carbons (Fsp3) is 0.290. The van der Waals surface area contributed by atoms with Gasteiger partial charge in [-0.1, -0.05) is 37.1 Å². The summed E-state index contributed by atoms with van der Waals surface area (Å²) >= 11 is 5.91. The summed E-state index contributed by atoms with van der Waals surface area (Å²) in [6, 6.07) is 15.1. The highest BCUT2D eigenvalue weighted by Crippen LogP contribution is 2.40. The third-order valence-electron chi connectivity index (χ3n) is 6.79. The van der Waals surface area contributed by atoms with Gasteiger partial charge in [0.1, 0.15) is 17.1 Å². The average molecular weight is 602 g/mol. The van der Waals surface area contributed by atoms with Crippen LogP contribution in [-0.4, -0.2) is 37.2 Å². The molecule has 0 spiro atoms. The Hall–Kier alpha value is -3.86. The molecular weight excluding hydrogens is 575 g/mol. The number of halogens is 4. The molecule has 1 aliphatic rings. The number of nitrogens with zero attached hydrogens (tertiary/aromatic N) is 1. The van der Waals surface area contributed by atoms with Gasteiger partial charge in [0.15, 0.2) is 0 Å². The van der Waals surface area contributed by atoms with Crippen molar-refractivity contribution in [1.29, 1.82) is 0 Å². The third kappa shape index (κ3) is 6.61. The predicted molar refractivity (Wildman–Crippen MR) is 151 cm³/mol. The number of carbonyl (C=O) groups excluding carboxylic acids is 1. The van der Waals surface area contributed by atoms with Crippen molar-refractivity contribution in [2.24, 2.45) is 0 Å². The molecule has 220 valence electrons. The summed E-state index contributed by atoms with van der Waals surface area (Å²) in [5.74, 6) is -3.28.